The summed E-state index contributed by atoms with van der Waals surface area (Å²) < 4.78 is 0. The highest BCUT2D eigenvalue weighted by atomic mass is 16.1. The third-order valence-corrected chi connectivity index (χ3v) is 3.07. The number of carbonyl (C=O) groups is 1. The lowest BCUT2D eigenvalue weighted by molar-refractivity contribution is 0.0947. The van der Waals surface area contributed by atoms with Crippen LogP contribution in [0.5, 0.6) is 0 Å². The van der Waals surface area contributed by atoms with Crippen molar-refractivity contribution in [2.75, 3.05) is 12.3 Å². The summed E-state index contributed by atoms with van der Waals surface area (Å²) in [4.78, 5) is 11.7. The monoisotopic (exact) mass is 258 g/mol. The average molecular weight is 258 g/mol. The fourth-order valence-corrected chi connectivity index (χ4v) is 1.90. The molecule has 5 heteroatoms. The topological polar surface area (TPSA) is 83.8 Å². The number of amides is 1. The average Bonchev–Trinajstić information content (AvgIpc) is 2.86. The van der Waals surface area contributed by atoms with E-state index in [4.69, 9.17) is 5.73 Å². The van der Waals surface area contributed by atoms with Gasteiger partial charge in [0.25, 0.3) is 5.91 Å². The van der Waals surface area contributed by atoms with Gasteiger partial charge in [-0.25, -0.2) is 0 Å². The number of aromatic nitrogens is 2. The number of nitrogens with one attached hydrogen (secondary N) is 2. The number of benzene rings is 1. The van der Waals surface area contributed by atoms with E-state index in [0.717, 1.165) is 6.42 Å². The van der Waals surface area contributed by atoms with Crippen molar-refractivity contribution in [2.45, 2.75) is 19.3 Å². The van der Waals surface area contributed by atoms with Crippen molar-refractivity contribution < 1.29 is 4.79 Å². The molecule has 1 atom stereocenters. The third-order valence-electron chi connectivity index (χ3n) is 3.07. The van der Waals surface area contributed by atoms with Crippen LogP contribution in [-0.4, -0.2) is 22.6 Å². The Morgan fingerprint density at radius 3 is 2.79 bits per heavy atom. The number of nitrogen functional groups attached to an aromatic ring is 1. The molecule has 5 nitrogen and oxygen atoms in total. The predicted octanol–water partition coefficient (Wildman–Crippen LogP) is 1.92. The maximum atomic E-state index is 11.7. The van der Waals surface area contributed by atoms with Gasteiger partial charge in [-0.1, -0.05) is 37.3 Å². The maximum absolute atomic E-state index is 11.7. The van der Waals surface area contributed by atoms with Gasteiger partial charge in [0.15, 0.2) is 0 Å². The fraction of sp³-hybridized carbons (Fsp3) is 0.286. The lowest BCUT2D eigenvalue weighted by Crippen LogP contribution is -2.25. The van der Waals surface area contributed by atoms with Crippen LogP contribution >= 0.6 is 0 Å². The molecule has 0 bridgehead atoms. The summed E-state index contributed by atoms with van der Waals surface area (Å²) >= 11 is 0. The number of aromatic amines is 1. The normalized spacial score (nSPS) is 12.1. The second kappa shape index (κ2) is 6.04. The van der Waals surface area contributed by atoms with Gasteiger partial charge in [-0.3, -0.25) is 9.89 Å². The summed E-state index contributed by atoms with van der Waals surface area (Å²) in [5.74, 6) is 0.556. The molecule has 1 unspecified atom stereocenters. The SMILES string of the molecule is CC(CCNC(=O)c1cc(N)n[nH]1)c1ccccc1. The van der Waals surface area contributed by atoms with Crippen molar-refractivity contribution >= 4 is 11.7 Å². The summed E-state index contributed by atoms with van der Waals surface area (Å²) in [7, 11) is 0. The van der Waals surface area contributed by atoms with E-state index in [0.29, 0.717) is 24.0 Å². The Morgan fingerprint density at radius 1 is 1.42 bits per heavy atom. The number of anilines is 1. The highest BCUT2D eigenvalue weighted by Gasteiger charge is 2.09. The summed E-state index contributed by atoms with van der Waals surface area (Å²) in [5.41, 5.74) is 7.12. The van der Waals surface area contributed by atoms with Crippen molar-refractivity contribution in [2.24, 2.45) is 0 Å². The van der Waals surface area contributed by atoms with E-state index >= 15 is 0 Å². The van der Waals surface area contributed by atoms with Gasteiger partial charge < -0.3 is 11.1 Å². The number of nitrogens with two attached hydrogens (primary N) is 1. The van der Waals surface area contributed by atoms with E-state index in [1.807, 2.05) is 18.2 Å². The molecule has 2 aromatic rings. The predicted molar refractivity (Wildman–Crippen MR) is 74.8 cm³/mol. The number of nitrogens with zero attached hydrogens (tertiary/aromatic N) is 1. The van der Waals surface area contributed by atoms with Crippen LogP contribution in [0.3, 0.4) is 0 Å². The van der Waals surface area contributed by atoms with E-state index in [1.165, 1.54) is 11.6 Å². The fourth-order valence-electron chi connectivity index (χ4n) is 1.90. The van der Waals surface area contributed by atoms with E-state index in [2.05, 4.69) is 34.6 Å². The van der Waals surface area contributed by atoms with Crippen LogP contribution in [0.15, 0.2) is 36.4 Å². The first-order valence-corrected chi connectivity index (χ1v) is 6.31. The minimum Gasteiger partial charge on any atom is -0.382 e. The lowest BCUT2D eigenvalue weighted by atomic mass is 9.98. The molecule has 1 heterocycles. The lowest BCUT2D eigenvalue weighted by Gasteiger charge is -2.11. The molecule has 0 fully saturated rings. The van der Waals surface area contributed by atoms with Crippen molar-refractivity contribution in [3.8, 4) is 0 Å². The van der Waals surface area contributed by atoms with Gasteiger partial charge in [0.05, 0.1) is 0 Å². The minimum absolute atomic E-state index is 0.176. The zero-order valence-corrected chi connectivity index (χ0v) is 10.9. The largest absolute Gasteiger partial charge is 0.382 e. The third kappa shape index (κ3) is 3.58. The minimum atomic E-state index is -0.176. The van der Waals surface area contributed by atoms with Crippen LogP contribution in [-0.2, 0) is 0 Å². The molecule has 100 valence electrons. The standard InChI is InChI=1S/C14H18N4O/c1-10(11-5-3-2-4-6-11)7-8-16-14(19)12-9-13(15)18-17-12/h2-6,9-10H,7-8H2,1H3,(H,16,19)(H3,15,17,18). The maximum Gasteiger partial charge on any atom is 0.269 e. The summed E-state index contributed by atoms with van der Waals surface area (Å²) in [5, 5.41) is 9.16. The molecule has 2 rings (SSSR count). The van der Waals surface area contributed by atoms with Crippen molar-refractivity contribution in [3.05, 3.63) is 47.7 Å². The van der Waals surface area contributed by atoms with Crippen LogP contribution in [0.1, 0.15) is 35.3 Å². The molecule has 19 heavy (non-hydrogen) atoms. The number of carbonyl (C=O) groups excluding carboxylic acids is 1. The molecule has 0 saturated heterocycles. The van der Waals surface area contributed by atoms with Crippen LogP contribution < -0.4 is 11.1 Å². The number of rotatable bonds is 5. The van der Waals surface area contributed by atoms with Crippen LogP contribution in [0.25, 0.3) is 0 Å². The Morgan fingerprint density at radius 2 is 2.16 bits per heavy atom. The first-order valence-electron chi connectivity index (χ1n) is 6.31. The van der Waals surface area contributed by atoms with Crippen molar-refractivity contribution in [1.29, 1.82) is 0 Å². The molecular formula is C14H18N4O. The molecule has 0 aliphatic heterocycles. The number of hydrogen-bond donors (Lipinski definition) is 3. The second-order valence-corrected chi connectivity index (χ2v) is 4.56. The van der Waals surface area contributed by atoms with E-state index < -0.39 is 0 Å². The number of hydrogen-bond acceptors (Lipinski definition) is 3. The van der Waals surface area contributed by atoms with Gasteiger partial charge in [0.1, 0.15) is 11.5 Å². The Bertz CT molecular complexity index is 535. The van der Waals surface area contributed by atoms with Gasteiger partial charge in [0, 0.05) is 12.6 Å². The van der Waals surface area contributed by atoms with Crippen LogP contribution in [0.4, 0.5) is 5.82 Å². The first-order chi connectivity index (χ1) is 9.16. The quantitative estimate of drug-likeness (QED) is 0.766. The summed E-state index contributed by atoms with van der Waals surface area (Å²) in [6.07, 6.45) is 0.888. The molecule has 1 aromatic carbocycles. The first kappa shape index (κ1) is 13.1. The molecule has 4 N–H and O–H groups in total. The van der Waals surface area contributed by atoms with Gasteiger partial charge >= 0.3 is 0 Å². The van der Waals surface area contributed by atoms with Crippen LogP contribution in [0, 0.1) is 0 Å². The Kier molecular flexibility index (Phi) is 4.18. The highest BCUT2D eigenvalue weighted by molar-refractivity contribution is 5.92. The summed E-state index contributed by atoms with van der Waals surface area (Å²) in [6.45, 7) is 2.77. The molecule has 0 spiro atoms. The molecule has 0 aliphatic rings. The number of H-pyrrole nitrogens is 1. The van der Waals surface area contributed by atoms with E-state index in [1.54, 1.807) is 0 Å². The van der Waals surface area contributed by atoms with Gasteiger partial charge in [-0.2, -0.15) is 5.10 Å². The molecule has 0 radical (unpaired) electrons. The van der Waals surface area contributed by atoms with Crippen molar-refractivity contribution in [3.63, 3.8) is 0 Å². The van der Waals surface area contributed by atoms with Gasteiger partial charge in [-0.15, -0.1) is 0 Å². The van der Waals surface area contributed by atoms with Gasteiger partial charge in [0.2, 0.25) is 0 Å². The zero-order valence-electron chi connectivity index (χ0n) is 10.9. The molecule has 1 aromatic heterocycles. The zero-order chi connectivity index (χ0) is 13.7. The highest BCUT2D eigenvalue weighted by Crippen LogP contribution is 2.17. The van der Waals surface area contributed by atoms with Crippen LogP contribution in [0.2, 0.25) is 0 Å². The molecule has 0 saturated carbocycles. The van der Waals surface area contributed by atoms with E-state index in [9.17, 15) is 4.79 Å². The Balaban J connectivity index is 1.79. The van der Waals surface area contributed by atoms with Gasteiger partial charge in [-0.05, 0) is 17.9 Å². The Labute approximate surface area is 112 Å². The molecular weight excluding hydrogens is 240 g/mol. The summed E-state index contributed by atoms with van der Waals surface area (Å²) in [6, 6.07) is 11.8. The second-order valence-electron chi connectivity index (χ2n) is 4.56. The molecule has 0 aliphatic carbocycles. The Hall–Kier alpha value is -2.30. The van der Waals surface area contributed by atoms with Crippen molar-refractivity contribution in [1.82, 2.24) is 15.5 Å². The smallest absolute Gasteiger partial charge is 0.269 e. The molecule has 1 amide bonds. The van der Waals surface area contributed by atoms with E-state index in [-0.39, 0.29) is 5.91 Å².